The maximum absolute atomic E-state index is 12.6. The van der Waals surface area contributed by atoms with Crippen LogP contribution in [-0.2, 0) is 10.0 Å². The van der Waals surface area contributed by atoms with Gasteiger partial charge in [0.15, 0.2) is 0 Å². The number of nitriles is 1. The van der Waals surface area contributed by atoms with E-state index < -0.39 is 10.0 Å². The number of nitrogens with one attached hydrogen (secondary N) is 3. The molecule has 3 N–H and O–H groups in total. The SMILES string of the molecule is CNc1c(C=N)ccc(OC)c1NS(=O)(=O)c1ccc(C#N)nc1. The lowest BCUT2D eigenvalue weighted by molar-refractivity contribution is 0.417. The third-order valence-corrected chi connectivity index (χ3v) is 4.56. The Morgan fingerprint density at radius 1 is 1.29 bits per heavy atom. The molecule has 1 aromatic heterocycles. The molecule has 24 heavy (non-hydrogen) atoms. The second-order valence-electron chi connectivity index (χ2n) is 4.60. The van der Waals surface area contributed by atoms with Crippen molar-refractivity contribution in [2.45, 2.75) is 4.90 Å². The number of nitrogens with zero attached hydrogens (tertiary/aromatic N) is 2. The minimum Gasteiger partial charge on any atom is -0.494 e. The molecule has 0 saturated carbocycles. The van der Waals surface area contributed by atoms with Crippen LogP contribution in [0.2, 0.25) is 0 Å². The molecule has 0 radical (unpaired) electrons. The molecule has 124 valence electrons. The molecule has 2 rings (SSSR count). The summed E-state index contributed by atoms with van der Waals surface area (Å²) in [6.45, 7) is 0. The van der Waals surface area contributed by atoms with Gasteiger partial charge in [-0.2, -0.15) is 5.26 Å². The maximum atomic E-state index is 12.6. The van der Waals surface area contributed by atoms with Crippen LogP contribution in [0.5, 0.6) is 5.75 Å². The van der Waals surface area contributed by atoms with Crippen molar-refractivity contribution in [3.05, 3.63) is 41.7 Å². The normalized spacial score (nSPS) is 10.5. The van der Waals surface area contributed by atoms with Crippen LogP contribution in [0.3, 0.4) is 0 Å². The molecular formula is C15H15N5O3S. The van der Waals surface area contributed by atoms with Crippen LogP contribution in [0.15, 0.2) is 35.4 Å². The molecule has 0 fully saturated rings. The molecule has 0 spiro atoms. The van der Waals surface area contributed by atoms with Crippen LogP contribution in [0.1, 0.15) is 11.3 Å². The molecule has 0 amide bonds. The van der Waals surface area contributed by atoms with E-state index >= 15 is 0 Å². The number of methoxy groups -OCH3 is 1. The Kier molecular flexibility index (Phi) is 5.01. The van der Waals surface area contributed by atoms with Crippen molar-refractivity contribution in [3.63, 3.8) is 0 Å². The average Bonchev–Trinajstić information content (AvgIpc) is 2.61. The van der Waals surface area contributed by atoms with Crippen molar-refractivity contribution >= 4 is 27.6 Å². The van der Waals surface area contributed by atoms with Crippen LogP contribution in [0, 0.1) is 16.7 Å². The van der Waals surface area contributed by atoms with Crippen LogP contribution in [-0.4, -0.2) is 33.8 Å². The van der Waals surface area contributed by atoms with Crippen molar-refractivity contribution in [2.75, 3.05) is 24.2 Å². The van der Waals surface area contributed by atoms with Gasteiger partial charge in [0.1, 0.15) is 28.1 Å². The van der Waals surface area contributed by atoms with Gasteiger partial charge in [-0.1, -0.05) is 0 Å². The van der Waals surface area contributed by atoms with E-state index in [1.54, 1.807) is 19.2 Å². The second kappa shape index (κ2) is 6.97. The highest BCUT2D eigenvalue weighted by Gasteiger charge is 2.21. The Morgan fingerprint density at radius 3 is 2.54 bits per heavy atom. The number of anilines is 2. The first-order chi connectivity index (χ1) is 11.5. The summed E-state index contributed by atoms with van der Waals surface area (Å²) < 4.78 is 32.8. The third kappa shape index (κ3) is 3.28. The zero-order valence-electron chi connectivity index (χ0n) is 13.0. The molecule has 2 aromatic rings. The quantitative estimate of drug-likeness (QED) is 0.685. The van der Waals surface area contributed by atoms with E-state index in [1.807, 2.05) is 6.07 Å². The first-order valence-corrected chi connectivity index (χ1v) is 8.23. The number of aromatic nitrogens is 1. The van der Waals surface area contributed by atoms with Gasteiger partial charge in [0, 0.05) is 25.0 Å². The second-order valence-corrected chi connectivity index (χ2v) is 6.28. The van der Waals surface area contributed by atoms with Gasteiger partial charge in [0.25, 0.3) is 10.0 Å². The lowest BCUT2D eigenvalue weighted by Gasteiger charge is -2.17. The van der Waals surface area contributed by atoms with Crippen LogP contribution in [0.25, 0.3) is 0 Å². The lowest BCUT2D eigenvalue weighted by atomic mass is 10.1. The van der Waals surface area contributed by atoms with Gasteiger partial charge in [0.2, 0.25) is 0 Å². The third-order valence-electron chi connectivity index (χ3n) is 3.22. The number of sulfonamides is 1. The Balaban J connectivity index is 2.52. The van der Waals surface area contributed by atoms with Crippen molar-refractivity contribution in [3.8, 4) is 11.8 Å². The van der Waals surface area contributed by atoms with Crippen molar-refractivity contribution < 1.29 is 13.2 Å². The lowest BCUT2D eigenvalue weighted by Crippen LogP contribution is -2.16. The minimum absolute atomic E-state index is 0.0918. The monoisotopic (exact) mass is 345 g/mol. The molecule has 1 aromatic carbocycles. The number of rotatable bonds is 6. The topological polar surface area (TPSA) is 128 Å². The summed E-state index contributed by atoms with van der Waals surface area (Å²) in [5, 5.41) is 19.0. The van der Waals surface area contributed by atoms with Gasteiger partial charge in [0.05, 0.1) is 12.8 Å². The standard InChI is InChI=1S/C15H15N5O3S/c1-18-14-10(7-16)3-6-13(23-2)15(14)20-24(21,22)12-5-4-11(8-17)19-9-12/h3-7,9,16,18,20H,1-2H3. The van der Waals surface area contributed by atoms with Gasteiger partial charge < -0.3 is 15.5 Å². The van der Waals surface area contributed by atoms with E-state index in [2.05, 4.69) is 15.0 Å². The van der Waals surface area contributed by atoms with E-state index in [-0.39, 0.29) is 16.3 Å². The Labute approximate surface area is 139 Å². The van der Waals surface area contributed by atoms with Crippen LogP contribution >= 0.6 is 0 Å². The summed E-state index contributed by atoms with van der Waals surface area (Å²) in [5.41, 5.74) is 1.21. The summed E-state index contributed by atoms with van der Waals surface area (Å²) in [7, 11) is -0.915. The summed E-state index contributed by atoms with van der Waals surface area (Å²) in [6.07, 6.45) is 2.21. The fourth-order valence-corrected chi connectivity index (χ4v) is 3.09. The summed E-state index contributed by atoms with van der Waals surface area (Å²) in [5.74, 6) is 0.301. The first kappa shape index (κ1) is 17.2. The van der Waals surface area contributed by atoms with Gasteiger partial charge in [-0.3, -0.25) is 4.72 Å². The van der Waals surface area contributed by atoms with Crippen molar-refractivity contribution in [2.24, 2.45) is 0 Å². The maximum Gasteiger partial charge on any atom is 0.263 e. The van der Waals surface area contributed by atoms with Crippen molar-refractivity contribution in [1.29, 1.82) is 10.7 Å². The highest BCUT2D eigenvalue weighted by atomic mass is 32.2. The van der Waals surface area contributed by atoms with Gasteiger partial charge in [-0.05, 0) is 24.3 Å². The minimum atomic E-state index is -3.95. The first-order valence-electron chi connectivity index (χ1n) is 6.75. The fraction of sp³-hybridized carbons (Fsp3) is 0.133. The largest absolute Gasteiger partial charge is 0.494 e. The zero-order valence-corrected chi connectivity index (χ0v) is 13.8. The number of benzene rings is 1. The number of hydrogen-bond acceptors (Lipinski definition) is 7. The van der Waals surface area contributed by atoms with Gasteiger partial charge >= 0.3 is 0 Å². The Bertz CT molecular complexity index is 902. The highest BCUT2D eigenvalue weighted by Crippen LogP contribution is 2.36. The van der Waals surface area contributed by atoms with E-state index in [4.69, 9.17) is 15.4 Å². The molecule has 8 nitrogen and oxygen atoms in total. The summed E-state index contributed by atoms with van der Waals surface area (Å²) in [6, 6.07) is 7.64. The molecule has 0 unspecified atom stereocenters. The smallest absolute Gasteiger partial charge is 0.263 e. The molecule has 9 heteroatoms. The van der Waals surface area contributed by atoms with Crippen LogP contribution in [0.4, 0.5) is 11.4 Å². The van der Waals surface area contributed by atoms with E-state index in [0.717, 1.165) is 12.4 Å². The number of ether oxygens (including phenoxy) is 1. The van der Waals surface area contributed by atoms with Crippen molar-refractivity contribution in [1.82, 2.24) is 4.98 Å². The van der Waals surface area contributed by atoms with E-state index in [9.17, 15) is 8.42 Å². The van der Waals surface area contributed by atoms with Gasteiger partial charge in [-0.25, -0.2) is 13.4 Å². The average molecular weight is 345 g/mol. The molecule has 0 bridgehead atoms. The van der Waals surface area contributed by atoms with Crippen LogP contribution < -0.4 is 14.8 Å². The highest BCUT2D eigenvalue weighted by molar-refractivity contribution is 7.92. The molecule has 0 aliphatic carbocycles. The predicted molar refractivity (Wildman–Crippen MR) is 90.2 cm³/mol. The van der Waals surface area contributed by atoms with E-state index in [0.29, 0.717) is 17.0 Å². The Hall–Kier alpha value is -3.12. The molecular weight excluding hydrogens is 330 g/mol. The molecule has 1 heterocycles. The van der Waals surface area contributed by atoms with Gasteiger partial charge in [-0.15, -0.1) is 0 Å². The number of pyridine rings is 1. The molecule has 0 saturated heterocycles. The number of hydrogen-bond donors (Lipinski definition) is 3. The summed E-state index contributed by atoms with van der Waals surface area (Å²) in [4.78, 5) is 3.67. The predicted octanol–water partition coefficient (Wildman–Crippen LogP) is 1.80. The zero-order chi connectivity index (χ0) is 17.7. The molecule has 0 aliphatic heterocycles. The summed E-state index contributed by atoms with van der Waals surface area (Å²) >= 11 is 0. The molecule has 0 atom stereocenters. The fourth-order valence-electron chi connectivity index (χ4n) is 2.06. The van der Waals surface area contributed by atoms with E-state index in [1.165, 1.54) is 19.2 Å². The molecule has 0 aliphatic rings. The Morgan fingerprint density at radius 2 is 2.04 bits per heavy atom.